The van der Waals surface area contributed by atoms with Crippen molar-refractivity contribution in [3.63, 3.8) is 0 Å². The Morgan fingerprint density at radius 1 is 1.30 bits per heavy atom. The summed E-state index contributed by atoms with van der Waals surface area (Å²) in [7, 11) is 0. The molecule has 2 unspecified atom stereocenters. The van der Waals surface area contributed by atoms with E-state index in [1.54, 1.807) is 12.1 Å². The van der Waals surface area contributed by atoms with Crippen molar-refractivity contribution in [1.29, 1.82) is 0 Å². The number of hydrogen-bond acceptors (Lipinski definition) is 2. The SMILES string of the molecule is Cl.NC1CC2CCCC(C1)C2NC(=O)Cc1ccc(F)c(Br)c1. The highest BCUT2D eigenvalue weighted by atomic mass is 79.9. The van der Waals surface area contributed by atoms with E-state index < -0.39 is 0 Å². The van der Waals surface area contributed by atoms with E-state index in [0.29, 0.717) is 22.7 Å². The van der Waals surface area contributed by atoms with Gasteiger partial charge in [-0.05, 0) is 71.1 Å². The molecule has 0 aliphatic heterocycles. The van der Waals surface area contributed by atoms with Crippen LogP contribution in [0.5, 0.6) is 0 Å². The highest BCUT2D eigenvalue weighted by molar-refractivity contribution is 9.10. The van der Waals surface area contributed by atoms with Gasteiger partial charge in [-0.25, -0.2) is 4.39 Å². The lowest BCUT2D eigenvalue weighted by Gasteiger charge is -2.45. The van der Waals surface area contributed by atoms with Crippen molar-refractivity contribution in [1.82, 2.24) is 5.32 Å². The Balaban J connectivity index is 0.00000192. The van der Waals surface area contributed by atoms with Gasteiger partial charge >= 0.3 is 0 Å². The first-order chi connectivity index (χ1) is 10.5. The molecule has 0 aromatic heterocycles. The monoisotopic (exact) mass is 404 g/mol. The zero-order valence-electron chi connectivity index (χ0n) is 12.9. The van der Waals surface area contributed by atoms with E-state index in [1.807, 2.05) is 0 Å². The summed E-state index contributed by atoms with van der Waals surface area (Å²) in [6, 6.07) is 5.28. The molecule has 0 spiro atoms. The van der Waals surface area contributed by atoms with Crippen LogP contribution in [0.1, 0.15) is 37.7 Å². The summed E-state index contributed by atoms with van der Waals surface area (Å²) in [6.07, 6.45) is 5.90. The number of benzene rings is 1. The fourth-order valence-electron chi connectivity index (χ4n) is 4.10. The van der Waals surface area contributed by atoms with Crippen molar-refractivity contribution in [2.45, 2.75) is 50.6 Å². The van der Waals surface area contributed by atoms with Gasteiger partial charge in [0, 0.05) is 12.1 Å². The molecule has 0 heterocycles. The molecule has 3 N–H and O–H groups in total. The van der Waals surface area contributed by atoms with Gasteiger partial charge in [0.05, 0.1) is 10.9 Å². The first-order valence-corrected chi connectivity index (χ1v) is 8.81. The first kappa shape index (κ1) is 18.7. The summed E-state index contributed by atoms with van der Waals surface area (Å²) in [5, 5.41) is 3.22. The van der Waals surface area contributed by atoms with Gasteiger partial charge in [0.2, 0.25) is 5.91 Å². The molecule has 3 rings (SSSR count). The van der Waals surface area contributed by atoms with Gasteiger partial charge in [0.15, 0.2) is 0 Å². The third-order valence-electron chi connectivity index (χ3n) is 5.05. The Bertz CT molecular complexity index is 558. The molecule has 1 aromatic rings. The normalized spacial score (nSPS) is 29.5. The van der Waals surface area contributed by atoms with Crippen molar-refractivity contribution < 1.29 is 9.18 Å². The Morgan fingerprint density at radius 3 is 2.57 bits per heavy atom. The molecule has 128 valence electrons. The van der Waals surface area contributed by atoms with E-state index in [9.17, 15) is 9.18 Å². The lowest BCUT2D eigenvalue weighted by molar-refractivity contribution is -0.122. The van der Waals surface area contributed by atoms with E-state index in [2.05, 4.69) is 21.2 Å². The van der Waals surface area contributed by atoms with Gasteiger partial charge in [-0.15, -0.1) is 12.4 Å². The molecule has 0 radical (unpaired) electrons. The van der Waals surface area contributed by atoms with Crippen LogP contribution in [0.2, 0.25) is 0 Å². The minimum Gasteiger partial charge on any atom is -0.353 e. The van der Waals surface area contributed by atoms with Crippen molar-refractivity contribution in [3.05, 3.63) is 34.1 Å². The van der Waals surface area contributed by atoms with Crippen molar-refractivity contribution in [2.75, 3.05) is 0 Å². The van der Waals surface area contributed by atoms with Gasteiger partial charge in [-0.2, -0.15) is 0 Å². The summed E-state index contributed by atoms with van der Waals surface area (Å²) in [4.78, 5) is 12.3. The Morgan fingerprint density at radius 2 is 1.96 bits per heavy atom. The number of carbonyl (C=O) groups is 1. The summed E-state index contributed by atoms with van der Waals surface area (Å²) in [5.41, 5.74) is 6.94. The summed E-state index contributed by atoms with van der Waals surface area (Å²) in [5.74, 6) is 0.758. The Labute approximate surface area is 151 Å². The smallest absolute Gasteiger partial charge is 0.224 e. The van der Waals surface area contributed by atoms with Gasteiger partial charge in [-0.3, -0.25) is 4.79 Å². The third kappa shape index (κ3) is 4.46. The molecule has 6 heteroatoms. The highest BCUT2D eigenvalue weighted by Crippen LogP contribution is 2.39. The molecule has 2 fully saturated rings. The van der Waals surface area contributed by atoms with Crippen LogP contribution in [0.25, 0.3) is 0 Å². The number of carbonyl (C=O) groups excluding carboxylic acids is 1. The van der Waals surface area contributed by atoms with E-state index in [0.717, 1.165) is 31.2 Å². The maximum Gasteiger partial charge on any atom is 0.224 e. The number of amides is 1. The standard InChI is InChI=1S/C17H22BrFN2O.ClH/c18-14-6-10(4-5-15(14)19)7-16(22)21-17-11-2-1-3-12(17)9-13(20)8-11;/h4-6,11-13,17H,1-3,7-9,20H2,(H,21,22);1H. The zero-order valence-corrected chi connectivity index (χ0v) is 15.3. The third-order valence-corrected chi connectivity index (χ3v) is 5.66. The van der Waals surface area contributed by atoms with Crippen LogP contribution in [0, 0.1) is 17.7 Å². The number of rotatable bonds is 3. The van der Waals surface area contributed by atoms with Gasteiger partial charge in [0.1, 0.15) is 5.82 Å². The largest absolute Gasteiger partial charge is 0.353 e. The van der Waals surface area contributed by atoms with E-state index in [4.69, 9.17) is 5.73 Å². The van der Waals surface area contributed by atoms with Crippen LogP contribution in [0.3, 0.4) is 0 Å². The average molecular weight is 406 g/mol. The summed E-state index contributed by atoms with van der Waals surface area (Å²) >= 11 is 3.16. The Kier molecular flexibility index (Phi) is 6.46. The molecule has 0 saturated heterocycles. The van der Waals surface area contributed by atoms with E-state index >= 15 is 0 Å². The number of hydrogen-bond donors (Lipinski definition) is 2. The number of fused-ring (bicyclic) bond motifs is 2. The van der Waals surface area contributed by atoms with Crippen LogP contribution < -0.4 is 11.1 Å². The molecule has 2 aliphatic rings. The second-order valence-electron chi connectivity index (χ2n) is 6.70. The molecule has 3 nitrogen and oxygen atoms in total. The molecule has 2 aliphatic carbocycles. The Hall–Kier alpha value is -0.650. The fraction of sp³-hybridized carbons (Fsp3) is 0.588. The molecule has 23 heavy (non-hydrogen) atoms. The topological polar surface area (TPSA) is 55.1 Å². The minimum absolute atomic E-state index is 0. The maximum absolute atomic E-state index is 13.2. The molecular weight excluding hydrogens is 383 g/mol. The van der Waals surface area contributed by atoms with Crippen LogP contribution in [-0.4, -0.2) is 18.0 Å². The van der Waals surface area contributed by atoms with Gasteiger partial charge in [-0.1, -0.05) is 12.5 Å². The second-order valence-corrected chi connectivity index (χ2v) is 7.56. The van der Waals surface area contributed by atoms with Crippen LogP contribution in [0.4, 0.5) is 4.39 Å². The lowest BCUT2D eigenvalue weighted by Crippen LogP contribution is -2.54. The summed E-state index contributed by atoms with van der Waals surface area (Å²) in [6.45, 7) is 0. The van der Waals surface area contributed by atoms with Crippen LogP contribution in [-0.2, 0) is 11.2 Å². The molecule has 2 atom stereocenters. The quantitative estimate of drug-likeness (QED) is 0.807. The predicted octanol–water partition coefficient (Wildman–Crippen LogP) is 3.57. The average Bonchev–Trinajstić information content (AvgIpc) is 2.44. The molecule has 1 aromatic carbocycles. The molecule has 1 amide bonds. The van der Waals surface area contributed by atoms with Crippen molar-refractivity contribution in [3.8, 4) is 0 Å². The molecular formula is C17H23BrClFN2O. The predicted molar refractivity (Wildman–Crippen MR) is 95.0 cm³/mol. The second kappa shape index (κ2) is 7.95. The van der Waals surface area contributed by atoms with E-state index in [1.165, 1.54) is 12.5 Å². The first-order valence-electron chi connectivity index (χ1n) is 8.02. The highest BCUT2D eigenvalue weighted by Gasteiger charge is 2.39. The number of nitrogens with one attached hydrogen (secondary N) is 1. The summed E-state index contributed by atoms with van der Waals surface area (Å²) < 4.78 is 13.6. The van der Waals surface area contributed by atoms with Gasteiger partial charge < -0.3 is 11.1 Å². The van der Waals surface area contributed by atoms with Crippen molar-refractivity contribution in [2.24, 2.45) is 17.6 Å². The van der Waals surface area contributed by atoms with Crippen molar-refractivity contribution >= 4 is 34.2 Å². The lowest BCUT2D eigenvalue weighted by atomic mass is 9.67. The fourth-order valence-corrected chi connectivity index (χ4v) is 4.52. The maximum atomic E-state index is 13.2. The number of halogens is 3. The van der Waals surface area contributed by atoms with Crippen LogP contribution >= 0.6 is 28.3 Å². The van der Waals surface area contributed by atoms with E-state index in [-0.39, 0.29) is 36.2 Å². The van der Waals surface area contributed by atoms with Gasteiger partial charge in [0.25, 0.3) is 0 Å². The zero-order chi connectivity index (χ0) is 15.7. The molecule has 2 saturated carbocycles. The number of nitrogens with two attached hydrogens (primary N) is 1. The molecule has 2 bridgehead atoms. The van der Waals surface area contributed by atoms with Crippen LogP contribution in [0.15, 0.2) is 22.7 Å². The minimum atomic E-state index is -0.306.